The van der Waals surface area contributed by atoms with E-state index >= 15 is 0 Å². The second kappa shape index (κ2) is 4.30. The normalized spacial score (nSPS) is 10.1. The van der Waals surface area contributed by atoms with Gasteiger partial charge in [-0.3, -0.25) is 14.6 Å². The SMILES string of the molecule is NC(=O)c1nc(-c2ccncc2)sc1C(N)=O. The lowest BCUT2D eigenvalue weighted by atomic mass is 10.3. The fourth-order valence-electron chi connectivity index (χ4n) is 1.27. The molecule has 0 fully saturated rings. The summed E-state index contributed by atoms with van der Waals surface area (Å²) in [4.78, 5) is 30.2. The maximum Gasteiger partial charge on any atom is 0.269 e. The van der Waals surface area contributed by atoms with Crippen LogP contribution in [0.25, 0.3) is 10.6 Å². The Kier molecular flexibility index (Phi) is 2.84. The molecule has 2 rings (SSSR count). The molecule has 17 heavy (non-hydrogen) atoms. The smallest absolute Gasteiger partial charge is 0.269 e. The van der Waals surface area contributed by atoms with Crippen molar-refractivity contribution in [1.29, 1.82) is 0 Å². The summed E-state index contributed by atoms with van der Waals surface area (Å²) in [5, 5.41) is 0.509. The van der Waals surface area contributed by atoms with Crippen molar-refractivity contribution in [2.45, 2.75) is 0 Å². The summed E-state index contributed by atoms with van der Waals surface area (Å²) >= 11 is 1.03. The number of carbonyl (C=O) groups is 2. The fraction of sp³-hybridized carbons (Fsp3) is 0. The van der Waals surface area contributed by atoms with Crippen molar-refractivity contribution in [2.75, 3.05) is 0 Å². The van der Waals surface area contributed by atoms with Crippen LogP contribution in [0.5, 0.6) is 0 Å². The van der Waals surface area contributed by atoms with Gasteiger partial charge in [0.05, 0.1) is 0 Å². The van der Waals surface area contributed by atoms with Crippen molar-refractivity contribution in [3.05, 3.63) is 35.1 Å². The molecule has 0 bridgehead atoms. The van der Waals surface area contributed by atoms with Gasteiger partial charge < -0.3 is 11.5 Å². The molecular weight excluding hydrogens is 240 g/mol. The Labute approximate surface area is 100 Å². The zero-order chi connectivity index (χ0) is 12.4. The van der Waals surface area contributed by atoms with Crippen molar-refractivity contribution in [1.82, 2.24) is 9.97 Å². The third-order valence-electron chi connectivity index (χ3n) is 2.01. The van der Waals surface area contributed by atoms with Gasteiger partial charge in [-0.25, -0.2) is 4.98 Å². The minimum atomic E-state index is -0.768. The topological polar surface area (TPSA) is 112 Å². The van der Waals surface area contributed by atoms with Crippen LogP contribution < -0.4 is 11.5 Å². The van der Waals surface area contributed by atoms with Gasteiger partial charge in [0, 0.05) is 18.0 Å². The first kappa shape index (κ1) is 11.2. The van der Waals surface area contributed by atoms with E-state index in [2.05, 4.69) is 9.97 Å². The average Bonchev–Trinajstić information content (AvgIpc) is 2.75. The number of nitrogens with zero attached hydrogens (tertiary/aromatic N) is 2. The van der Waals surface area contributed by atoms with E-state index in [0.29, 0.717) is 5.01 Å². The van der Waals surface area contributed by atoms with Gasteiger partial charge in [-0.1, -0.05) is 0 Å². The molecule has 0 radical (unpaired) electrons. The van der Waals surface area contributed by atoms with Crippen LogP contribution in [0, 0.1) is 0 Å². The molecule has 0 aromatic carbocycles. The lowest BCUT2D eigenvalue weighted by Crippen LogP contribution is -2.19. The number of thiazole rings is 1. The Morgan fingerprint density at radius 1 is 1.12 bits per heavy atom. The molecule has 2 amide bonds. The van der Waals surface area contributed by atoms with Crippen molar-refractivity contribution in [2.24, 2.45) is 11.5 Å². The maximum absolute atomic E-state index is 11.1. The van der Waals surface area contributed by atoms with Crippen LogP contribution in [0.2, 0.25) is 0 Å². The summed E-state index contributed by atoms with van der Waals surface area (Å²) in [6.07, 6.45) is 3.18. The lowest BCUT2D eigenvalue weighted by Gasteiger charge is -1.92. The predicted octanol–water partition coefficient (Wildman–Crippen LogP) is 0.403. The highest BCUT2D eigenvalue weighted by Gasteiger charge is 2.20. The highest BCUT2D eigenvalue weighted by Crippen LogP contribution is 2.27. The largest absolute Gasteiger partial charge is 0.365 e. The van der Waals surface area contributed by atoms with Crippen LogP contribution in [-0.4, -0.2) is 21.8 Å². The number of amides is 2. The molecule has 2 aromatic rings. The zero-order valence-corrected chi connectivity index (χ0v) is 9.40. The molecule has 0 aliphatic heterocycles. The van der Waals surface area contributed by atoms with Gasteiger partial charge in [-0.2, -0.15) is 0 Å². The number of aromatic nitrogens is 2. The van der Waals surface area contributed by atoms with Crippen LogP contribution in [0.4, 0.5) is 0 Å². The fourth-order valence-corrected chi connectivity index (χ4v) is 2.20. The van der Waals surface area contributed by atoms with Gasteiger partial charge in [-0.05, 0) is 12.1 Å². The summed E-state index contributed by atoms with van der Waals surface area (Å²) < 4.78 is 0. The Hall–Kier alpha value is -2.28. The zero-order valence-electron chi connectivity index (χ0n) is 8.58. The van der Waals surface area contributed by atoms with E-state index in [9.17, 15) is 9.59 Å². The Balaban J connectivity index is 2.55. The summed E-state index contributed by atoms with van der Waals surface area (Å²) in [5.74, 6) is -1.48. The molecule has 86 valence electrons. The number of primary amides is 2. The van der Waals surface area contributed by atoms with E-state index < -0.39 is 11.8 Å². The molecule has 0 spiro atoms. The number of nitrogens with two attached hydrogens (primary N) is 2. The summed E-state index contributed by atoms with van der Waals surface area (Å²) in [5.41, 5.74) is 10.9. The van der Waals surface area contributed by atoms with Crippen LogP contribution in [0.15, 0.2) is 24.5 Å². The van der Waals surface area contributed by atoms with E-state index in [1.807, 2.05) is 0 Å². The molecule has 0 aliphatic carbocycles. The first-order chi connectivity index (χ1) is 8.09. The van der Waals surface area contributed by atoms with E-state index in [1.165, 1.54) is 0 Å². The molecule has 2 heterocycles. The first-order valence-corrected chi connectivity index (χ1v) is 5.42. The van der Waals surface area contributed by atoms with Crippen LogP contribution in [0.3, 0.4) is 0 Å². The highest BCUT2D eigenvalue weighted by molar-refractivity contribution is 7.17. The Morgan fingerprint density at radius 3 is 2.24 bits per heavy atom. The van der Waals surface area contributed by atoms with Gasteiger partial charge >= 0.3 is 0 Å². The van der Waals surface area contributed by atoms with Gasteiger partial charge in [0.1, 0.15) is 9.88 Å². The second-order valence-corrected chi connectivity index (χ2v) is 4.16. The van der Waals surface area contributed by atoms with Crippen LogP contribution >= 0.6 is 11.3 Å². The average molecular weight is 248 g/mol. The number of carbonyl (C=O) groups excluding carboxylic acids is 2. The number of rotatable bonds is 3. The van der Waals surface area contributed by atoms with E-state index in [1.54, 1.807) is 24.5 Å². The molecule has 7 heteroatoms. The standard InChI is InChI=1S/C10H8N4O2S/c11-8(15)6-7(9(12)16)17-10(14-6)5-1-3-13-4-2-5/h1-4H,(H2,11,15)(H2,12,16). The predicted molar refractivity (Wildman–Crippen MR) is 62.4 cm³/mol. The van der Waals surface area contributed by atoms with Crippen LogP contribution in [0.1, 0.15) is 20.2 Å². The minimum Gasteiger partial charge on any atom is -0.365 e. The van der Waals surface area contributed by atoms with E-state index in [-0.39, 0.29) is 10.6 Å². The molecule has 0 saturated carbocycles. The third-order valence-corrected chi connectivity index (χ3v) is 3.13. The lowest BCUT2D eigenvalue weighted by molar-refractivity contribution is 0.0967. The van der Waals surface area contributed by atoms with Gasteiger partial charge in [0.15, 0.2) is 5.69 Å². The van der Waals surface area contributed by atoms with Crippen molar-refractivity contribution < 1.29 is 9.59 Å². The molecular formula is C10H8N4O2S. The van der Waals surface area contributed by atoms with E-state index in [0.717, 1.165) is 16.9 Å². The molecule has 0 saturated heterocycles. The summed E-state index contributed by atoms with van der Waals surface area (Å²) in [6.45, 7) is 0. The first-order valence-electron chi connectivity index (χ1n) is 4.60. The Bertz CT molecular complexity index is 548. The van der Waals surface area contributed by atoms with Crippen molar-refractivity contribution in [3.8, 4) is 10.6 Å². The maximum atomic E-state index is 11.1. The molecule has 2 aromatic heterocycles. The summed E-state index contributed by atoms with van der Waals surface area (Å²) in [7, 11) is 0. The van der Waals surface area contributed by atoms with Crippen LogP contribution in [-0.2, 0) is 0 Å². The molecule has 0 unspecified atom stereocenters. The van der Waals surface area contributed by atoms with Gasteiger partial charge in [0.2, 0.25) is 0 Å². The second-order valence-electron chi connectivity index (χ2n) is 3.16. The van der Waals surface area contributed by atoms with Gasteiger partial charge in [-0.15, -0.1) is 11.3 Å². The number of hydrogen-bond acceptors (Lipinski definition) is 5. The number of hydrogen-bond donors (Lipinski definition) is 2. The quantitative estimate of drug-likeness (QED) is 0.818. The Morgan fingerprint density at radius 2 is 1.76 bits per heavy atom. The third kappa shape index (κ3) is 2.13. The molecule has 0 atom stereocenters. The van der Waals surface area contributed by atoms with Gasteiger partial charge in [0.25, 0.3) is 11.8 Å². The van der Waals surface area contributed by atoms with Crippen molar-refractivity contribution >= 4 is 23.2 Å². The minimum absolute atomic E-state index is 0.0734. The molecule has 4 N–H and O–H groups in total. The monoisotopic (exact) mass is 248 g/mol. The van der Waals surface area contributed by atoms with Crippen molar-refractivity contribution in [3.63, 3.8) is 0 Å². The number of pyridine rings is 1. The highest BCUT2D eigenvalue weighted by atomic mass is 32.1. The van der Waals surface area contributed by atoms with E-state index in [4.69, 9.17) is 11.5 Å². The molecule has 0 aliphatic rings. The summed E-state index contributed by atoms with van der Waals surface area (Å²) in [6, 6.07) is 3.43. The molecule has 6 nitrogen and oxygen atoms in total.